The summed E-state index contributed by atoms with van der Waals surface area (Å²) in [5, 5.41) is 7.33. The number of halogens is 1. The van der Waals surface area contributed by atoms with Gasteiger partial charge in [0.05, 0.1) is 11.4 Å². The number of guanidine groups is 1. The zero-order valence-electron chi connectivity index (χ0n) is 14.2. The van der Waals surface area contributed by atoms with E-state index in [0.717, 1.165) is 15.4 Å². The van der Waals surface area contributed by atoms with Gasteiger partial charge in [-0.15, -0.1) is 35.3 Å². The van der Waals surface area contributed by atoms with Gasteiger partial charge in [-0.25, -0.2) is 18.1 Å². The molecule has 0 aliphatic heterocycles. The van der Waals surface area contributed by atoms with Crippen molar-refractivity contribution in [3.05, 3.63) is 45.9 Å². The minimum absolute atomic E-state index is 0. The molecule has 0 bridgehead atoms. The third-order valence-electron chi connectivity index (χ3n) is 3.24. The number of benzene rings is 1. The average molecular weight is 495 g/mol. The number of nitrogens with zero attached hydrogens (tertiary/aromatic N) is 2. The van der Waals surface area contributed by atoms with Crippen LogP contribution in [0.5, 0.6) is 0 Å². The number of nitrogens with one attached hydrogen (secondary N) is 3. The predicted octanol–water partition coefficient (Wildman–Crippen LogP) is 1.84. The van der Waals surface area contributed by atoms with Crippen molar-refractivity contribution in [2.75, 3.05) is 14.1 Å². The Hall–Kier alpha value is -1.24. The second-order valence-corrected chi connectivity index (χ2v) is 8.20. The molecule has 0 aliphatic carbocycles. The molecule has 2 aromatic rings. The second kappa shape index (κ2) is 10.0. The number of aryl methyl sites for hydroxylation is 1. The van der Waals surface area contributed by atoms with Crippen LogP contribution in [-0.2, 0) is 23.1 Å². The largest absolute Gasteiger partial charge is 0.352 e. The van der Waals surface area contributed by atoms with Gasteiger partial charge in [-0.05, 0) is 31.7 Å². The molecule has 10 heteroatoms. The van der Waals surface area contributed by atoms with Crippen molar-refractivity contribution in [3.8, 4) is 0 Å². The van der Waals surface area contributed by atoms with Crippen molar-refractivity contribution < 1.29 is 8.42 Å². The number of rotatable bonds is 6. The zero-order chi connectivity index (χ0) is 17.6. The predicted molar refractivity (Wildman–Crippen MR) is 112 cm³/mol. The van der Waals surface area contributed by atoms with Crippen LogP contribution in [-0.4, -0.2) is 33.5 Å². The quantitative estimate of drug-likeness (QED) is 0.323. The summed E-state index contributed by atoms with van der Waals surface area (Å²) >= 11 is 1.63. The van der Waals surface area contributed by atoms with Gasteiger partial charge in [-0.2, -0.15) is 0 Å². The molecule has 0 fully saturated rings. The van der Waals surface area contributed by atoms with E-state index in [0.29, 0.717) is 19.0 Å². The van der Waals surface area contributed by atoms with Gasteiger partial charge in [-0.1, -0.05) is 12.1 Å². The maximum atomic E-state index is 11.8. The molecule has 0 saturated heterocycles. The van der Waals surface area contributed by atoms with E-state index >= 15 is 0 Å². The molecule has 3 N–H and O–H groups in total. The fourth-order valence-corrected chi connectivity index (χ4v) is 3.52. The number of aromatic nitrogens is 1. The SMILES string of the molecule is CN=C(NCc1cccc(S(=O)(=O)NC)c1)NCc1ncc(C)s1.I. The van der Waals surface area contributed by atoms with Crippen LogP contribution in [0.2, 0.25) is 0 Å². The number of sulfonamides is 1. The van der Waals surface area contributed by atoms with Crippen LogP contribution in [0.1, 0.15) is 15.4 Å². The van der Waals surface area contributed by atoms with Crippen molar-refractivity contribution in [3.63, 3.8) is 0 Å². The number of thiazole rings is 1. The fraction of sp³-hybridized carbons (Fsp3) is 0.333. The van der Waals surface area contributed by atoms with Crippen molar-refractivity contribution in [1.29, 1.82) is 0 Å². The number of hydrogen-bond acceptors (Lipinski definition) is 5. The summed E-state index contributed by atoms with van der Waals surface area (Å²) in [5.41, 5.74) is 0.847. The van der Waals surface area contributed by atoms with Crippen LogP contribution in [0.15, 0.2) is 40.4 Å². The Balaban J connectivity index is 0.00000312. The molecule has 0 saturated carbocycles. The lowest BCUT2D eigenvalue weighted by Gasteiger charge is -2.11. The summed E-state index contributed by atoms with van der Waals surface area (Å²) in [7, 11) is -0.359. The Morgan fingerprint density at radius 1 is 1.28 bits per heavy atom. The highest BCUT2D eigenvalue weighted by Gasteiger charge is 2.11. The van der Waals surface area contributed by atoms with E-state index in [1.807, 2.05) is 19.2 Å². The lowest BCUT2D eigenvalue weighted by molar-refractivity contribution is 0.588. The minimum Gasteiger partial charge on any atom is -0.352 e. The topological polar surface area (TPSA) is 95.5 Å². The lowest BCUT2D eigenvalue weighted by Crippen LogP contribution is -2.36. The lowest BCUT2D eigenvalue weighted by atomic mass is 10.2. The highest BCUT2D eigenvalue weighted by molar-refractivity contribution is 14.0. The van der Waals surface area contributed by atoms with Crippen LogP contribution >= 0.6 is 35.3 Å². The third-order valence-corrected chi connectivity index (χ3v) is 5.56. The first kappa shape index (κ1) is 21.8. The van der Waals surface area contributed by atoms with Gasteiger partial charge in [0.1, 0.15) is 5.01 Å². The number of hydrogen-bond donors (Lipinski definition) is 3. The first-order valence-electron chi connectivity index (χ1n) is 7.33. The van der Waals surface area contributed by atoms with Gasteiger partial charge in [0.25, 0.3) is 0 Å². The standard InChI is InChI=1S/C15H21N5O2S2.HI/c1-11-8-18-14(23-11)10-20-15(16-2)19-9-12-5-4-6-13(7-12)24(21,22)17-3;/h4-8,17H,9-10H2,1-3H3,(H2,16,19,20);1H. The molecule has 0 spiro atoms. The summed E-state index contributed by atoms with van der Waals surface area (Å²) in [6, 6.07) is 6.78. The van der Waals surface area contributed by atoms with E-state index in [1.54, 1.807) is 36.6 Å². The maximum Gasteiger partial charge on any atom is 0.240 e. The van der Waals surface area contributed by atoms with E-state index in [9.17, 15) is 8.42 Å². The van der Waals surface area contributed by atoms with Gasteiger partial charge in [0, 0.05) is 24.7 Å². The molecule has 7 nitrogen and oxygen atoms in total. The molecule has 1 aromatic heterocycles. The highest BCUT2D eigenvalue weighted by Crippen LogP contribution is 2.11. The van der Waals surface area contributed by atoms with E-state index < -0.39 is 10.0 Å². The Labute approximate surface area is 169 Å². The van der Waals surface area contributed by atoms with Gasteiger partial charge in [0.15, 0.2) is 5.96 Å². The van der Waals surface area contributed by atoms with Crippen LogP contribution in [0.4, 0.5) is 0 Å². The molecule has 2 rings (SSSR count). The van der Waals surface area contributed by atoms with E-state index in [1.165, 1.54) is 7.05 Å². The van der Waals surface area contributed by atoms with E-state index in [4.69, 9.17) is 0 Å². The molecule has 0 radical (unpaired) electrons. The zero-order valence-corrected chi connectivity index (χ0v) is 18.2. The molecule has 0 atom stereocenters. The van der Waals surface area contributed by atoms with Crippen LogP contribution in [0.3, 0.4) is 0 Å². The first-order chi connectivity index (χ1) is 11.4. The Morgan fingerprint density at radius 2 is 2.00 bits per heavy atom. The van der Waals surface area contributed by atoms with Crippen LogP contribution in [0, 0.1) is 6.92 Å². The smallest absolute Gasteiger partial charge is 0.240 e. The second-order valence-electron chi connectivity index (χ2n) is 5.00. The molecule has 25 heavy (non-hydrogen) atoms. The van der Waals surface area contributed by atoms with E-state index in [2.05, 4.69) is 25.3 Å². The molecule has 0 aliphatic rings. The molecule has 138 valence electrons. The summed E-state index contributed by atoms with van der Waals surface area (Å²) in [6.07, 6.45) is 1.84. The summed E-state index contributed by atoms with van der Waals surface area (Å²) in [4.78, 5) is 9.85. The molecular weight excluding hydrogens is 473 g/mol. The van der Waals surface area contributed by atoms with Crippen LogP contribution in [0.25, 0.3) is 0 Å². The Morgan fingerprint density at radius 3 is 2.60 bits per heavy atom. The van der Waals surface area contributed by atoms with Gasteiger partial charge in [-0.3, -0.25) is 4.99 Å². The normalized spacial score (nSPS) is 11.7. The van der Waals surface area contributed by atoms with E-state index in [-0.39, 0.29) is 28.9 Å². The van der Waals surface area contributed by atoms with Gasteiger partial charge in [0.2, 0.25) is 10.0 Å². The first-order valence-corrected chi connectivity index (χ1v) is 9.63. The number of aliphatic imine (C=N–C) groups is 1. The maximum absolute atomic E-state index is 11.8. The van der Waals surface area contributed by atoms with Crippen molar-refractivity contribution in [2.45, 2.75) is 24.9 Å². The van der Waals surface area contributed by atoms with Crippen LogP contribution < -0.4 is 15.4 Å². The Kier molecular flexibility index (Phi) is 8.76. The molecule has 1 heterocycles. The average Bonchev–Trinajstić information content (AvgIpc) is 3.00. The summed E-state index contributed by atoms with van der Waals surface area (Å²) in [6.45, 7) is 3.07. The third kappa shape index (κ3) is 6.53. The minimum atomic E-state index is -3.44. The molecule has 1 aromatic carbocycles. The van der Waals surface area contributed by atoms with Crippen molar-refractivity contribution in [1.82, 2.24) is 20.3 Å². The highest BCUT2D eigenvalue weighted by atomic mass is 127. The monoisotopic (exact) mass is 495 g/mol. The molecule has 0 amide bonds. The van der Waals surface area contributed by atoms with Crippen molar-refractivity contribution in [2.24, 2.45) is 4.99 Å². The fourth-order valence-electron chi connectivity index (χ4n) is 1.99. The summed E-state index contributed by atoms with van der Waals surface area (Å²) in [5.74, 6) is 0.629. The summed E-state index contributed by atoms with van der Waals surface area (Å²) < 4.78 is 26.0. The van der Waals surface area contributed by atoms with Crippen molar-refractivity contribution >= 4 is 51.3 Å². The molecule has 0 unspecified atom stereocenters. The van der Waals surface area contributed by atoms with Gasteiger partial charge < -0.3 is 10.6 Å². The molecular formula is C15H22IN5O2S2. The Bertz CT molecular complexity index is 821. The van der Waals surface area contributed by atoms with Gasteiger partial charge >= 0.3 is 0 Å².